The van der Waals surface area contributed by atoms with Crippen molar-refractivity contribution in [1.29, 1.82) is 0 Å². The molecule has 18 heavy (non-hydrogen) atoms. The minimum absolute atomic E-state index is 0.240. The highest BCUT2D eigenvalue weighted by Crippen LogP contribution is 2.07. The van der Waals surface area contributed by atoms with Gasteiger partial charge in [-0.05, 0) is 19.5 Å². The third-order valence-corrected chi connectivity index (χ3v) is 3.28. The Hall–Kier alpha value is -0.980. The summed E-state index contributed by atoms with van der Waals surface area (Å²) in [6, 6.07) is 0. The van der Waals surface area contributed by atoms with Crippen LogP contribution in [-0.2, 0) is 13.0 Å². The Bertz CT molecular complexity index is 356. The monoisotopic (exact) mass is 254 g/mol. The van der Waals surface area contributed by atoms with E-state index in [0.717, 1.165) is 57.9 Å². The van der Waals surface area contributed by atoms with Gasteiger partial charge in [-0.1, -0.05) is 12.1 Å². The minimum Gasteiger partial charge on any atom is -0.395 e. The van der Waals surface area contributed by atoms with Crippen molar-refractivity contribution in [1.82, 2.24) is 19.9 Å². The Labute approximate surface area is 108 Å². The van der Waals surface area contributed by atoms with Gasteiger partial charge in [0.2, 0.25) is 5.89 Å². The van der Waals surface area contributed by atoms with Crippen molar-refractivity contribution < 1.29 is 9.63 Å². The van der Waals surface area contributed by atoms with Gasteiger partial charge in [-0.15, -0.1) is 0 Å². The molecule has 0 aliphatic carbocycles. The van der Waals surface area contributed by atoms with Crippen LogP contribution in [0.4, 0.5) is 0 Å². The highest BCUT2D eigenvalue weighted by Gasteiger charge is 2.16. The summed E-state index contributed by atoms with van der Waals surface area (Å²) in [6.45, 7) is 7.86. The molecule has 6 nitrogen and oxygen atoms in total. The molecule has 0 bridgehead atoms. The van der Waals surface area contributed by atoms with Gasteiger partial charge in [0, 0.05) is 26.1 Å². The van der Waals surface area contributed by atoms with Crippen molar-refractivity contribution in [3.63, 3.8) is 0 Å². The first kappa shape index (κ1) is 13.5. The summed E-state index contributed by atoms with van der Waals surface area (Å²) in [6.07, 6.45) is 1.93. The molecule has 1 N–H and O–H groups in total. The lowest BCUT2D eigenvalue weighted by Crippen LogP contribution is -2.32. The maximum atomic E-state index is 8.95. The number of aryl methyl sites for hydroxylation is 1. The topological polar surface area (TPSA) is 65.6 Å². The Kier molecular flexibility index (Phi) is 5.10. The van der Waals surface area contributed by atoms with Gasteiger partial charge in [0.1, 0.15) is 0 Å². The maximum absolute atomic E-state index is 8.95. The van der Waals surface area contributed by atoms with E-state index in [-0.39, 0.29) is 6.61 Å². The molecule has 2 heterocycles. The summed E-state index contributed by atoms with van der Waals surface area (Å²) in [5.74, 6) is 1.49. The molecular formula is C12H22N4O2. The Morgan fingerprint density at radius 2 is 2.00 bits per heavy atom. The van der Waals surface area contributed by atoms with Crippen LogP contribution in [0.1, 0.15) is 25.1 Å². The minimum atomic E-state index is 0.240. The van der Waals surface area contributed by atoms with Crippen LogP contribution in [0, 0.1) is 0 Å². The standard InChI is InChI=1S/C12H22N4O2/c1-2-11-13-12(18-14-11)10-16-5-3-4-15(6-7-16)8-9-17/h17H,2-10H2,1H3. The molecule has 1 aromatic rings. The number of aliphatic hydroxyl groups excluding tert-OH is 1. The first-order chi connectivity index (χ1) is 8.81. The van der Waals surface area contributed by atoms with E-state index in [0.29, 0.717) is 5.89 Å². The highest BCUT2D eigenvalue weighted by molar-refractivity contribution is 4.86. The fourth-order valence-electron chi connectivity index (χ4n) is 2.24. The molecule has 1 saturated heterocycles. The molecule has 6 heteroatoms. The molecule has 0 amide bonds. The zero-order valence-electron chi connectivity index (χ0n) is 11.0. The van der Waals surface area contributed by atoms with Gasteiger partial charge in [-0.25, -0.2) is 0 Å². The molecular weight excluding hydrogens is 232 g/mol. The predicted octanol–water partition coefficient (Wildman–Crippen LogP) is 0.132. The van der Waals surface area contributed by atoms with E-state index >= 15 is 0 Å². The third kappa shape index (κ3) is 3.76. The zero-order chi connectivity index (χ0) is 12.8. The maximum Gasteiger partial charge on any atom is 0.240 e. The van der Waals surface area contributed by atoms with E-state index in [1.54, 1.807) is 0 Å². The molecule has 1 aliphatic heterocycles. The number of β-amino-alcohol motifs (C(OH)–C–C–N with tert-alkyl or cyclic N) is 1. The van der Waals surface area contributed by atoms with Gasteiger partial charge in [-0.3, -0.25) is 9.80 Å². The summed E-state index contributed by atoms with van der Waals surface area (Å²) < 4.78 is 5.22. The van der Waals surface area contributed by atoms with Crippen LogP contribution >= 0.6 is 0 Å². The summed E-state index contributed by atoms with van der Waals surface area (Å²) in [4.78, 5) is 8.97. The van der Waals surface area contributed by atoms with Crippen molar-refractivity contribution in [3.8, 4) is 0 Å². The molecule has 0 saturated carbocycles. The second kappa shape index (κ2) is 6.82. The fourth-order valence-corrected chi connectivity index (χ4v) is 2.24. The first-order valence-corrected chi connectivity index (χ1v) is 6.69. The lowest BCUT2D eigenvalue weighted by atomic mass is 10.4. The number of aliphatic hydroxyl groups is 1. The highest BCUT2D eigenvalue weighted by atomic mass is 16.5. The van der Waals surface area contributed by atoms with Gasteiger partial charge in [0.05, 0.1) is 13.2 Å². The Morgan fingerprint density at radius 3 is 2.72 bits per heavy atom. The molecule has 0 unspecified atom stereocenters. The Balaban J connectivity index is 1.82. The largest absolute Gasteiger partial charge is 0.395 e. The van der Waals surface area contributed by atoms with Crippen LogP contribution < -0.4 is 0 Å². The Morgan fingerprint density at radius 1 is 1.22 bits per heavy atom. The van der Waals surface area contributed by atoms with Crippen molar-refractivity contribution >= 4 is 0 Å². The quantitative estimate of drug-likeness (QED) is 0.806. The SMILES string of the molecule is CCc1noc(CN2CCCN(CCO)CC2)n1. The smallest absolute Gasteiger partial charge is 0.240 e. The predicted molar refractivity (Wildman–Crippen MR) is 67.1 cm³/mol. The fraction of sp³-hybridized carbons (Fsp3) is 0.833. The van der Waals surface area contributed by atoms with Gasteiger partial charge in [0.15, 0.2) is 5.82 Å². The number of hydrogen-bond donors (Lipinski definition) is 1. The van der Waals surface area contributed by atoms with E-state index in [4.69, 9.17) is 9.63 Å². The molecule has 102 valence electrons. The van der Waals surface area contributed by atoms with Crippen LogP contribution in [0.25, 0.3) is 0 Å². The second-order valence-corrected chi connectivity index (χ2v) is 4.65. The number of nitrogens with zero attached hydrogens (tertiary/aromatic N) is 4. The summed E-state index contributed by atoms with van der Waals surface area (Å²) in [5.41, 5.74) is 0. The second-order valence-electron chi connectivity index (χ2n) is 4.65. The van der Waals surface area contributed by atoms with Crippen LogP contribution in [0.5, 0.6) is 0 Å². The van der Waals surface area contributed by atoms with E-state index in [1.165, 1.54) is 0 Å². The average molecular weight is 254 g/mol. The molecule has 0 radical (unpaired) electrons. The summed E-state index contributed by atoms with van der Waals surface area (Å²) in [5, 5.41) is 12.9. The molecule has 1 aliphatic rings. The van der Waals surface area contributed by atoms with E-state index in [2.05, 4.69) is 19.9 Å². The molecule has 1 aromatic heterocycles. The number of hydrogen-bond acceptors (Lipinski definition) is 6. The summed E-state index contributed by atoms with van der Waals surface area (Å²) >= 11 is 0. The van der Waals surface area contributed by atoms with Crippen LogP contribution in [-0.4, -0.2) is 64.4 Å². The van der Waals surface area contributed by atoms with Gasteiger partial charge < -0.3 is 9.63 Å². The number of rotatable bonds is 5. The van der Waals surface area contributed by atoms with Crippen molar-refractivity contribution in [3.05, 3.63) is 11.7 Å². The van der Waals surface area contributed by atoms with Crippen LogP contribution in [0.3, 0.4) is 0 Å². The summed E-state index contributed by atoms with van der Waals surface area (Å²) in [7, 11) is 0. The van der Waals surface area contributed by atoms with E-state index in [1.807, 2.05) is 6.92 Å². The normalized spacial score (nSPS) is 19.0. The lowest BCUT2D eigenvalue weighted by molar-refractivity contribution is 0.191. The molecule has 0 aromatic carbocycles. The molecule has 2 rings (SSSR count). The number of aromatic nitrogens is 2. The molecule has 0 atom stereocenters. The van der Waals surface area contributed by atoms with Crippen molar-refractivity contribution in [2.24, 2.45) is 0 Å². The van der Waals surface area contributed by atoms with Crippen molar-refractivity contribution in [2.75, 3.05) is 39.3 Å². The van der Waals surface area contributed by atoms with E-state index < -0.39 is 0 Å². The first-order valence-electron chi connectivity index (χ1n) is 6.69. The molecule has 1 fully saturated rings. The molecule has 0 spiro atoms. The van der Waals surface area contributed by atoms with Gasteiger partial charge in [-0.2, -0.15) is 4.98 Å². The average Bonchev–Trinajstić information content (AvgIpc) is 2.71. The van der Waals surface area contributed by atoms with Gasteiger partial charge >= 0.3 is 0 Å². The van der Waals surface area contributed by atoms with Crippen LogP contribution in [0.2, 0.25) is 0 Å². The third-order valence-electron chi connectivity index (χ3n) is 3.28. The van der Waals surface area contributed by atoms with Crippen LogP contribution in [0.15, 0.2) is 4.52 Å². The van der Waals surface area contributed by atoms with E-state index in [9.17, 15) is 0 Å². The van der Waals surface area contributed by atoms with Gasteiger partial charge in [0.25, 0.3) is 0 Å². The lowest BCUT2D eigenvalue weighted by Gasteiger charge is -2.19. The zero-order valence-corrected chi connectivity index (χ0v) is 11.0. The van der Waals surface area contributed by atoms with Crippen molar-refractivity contribution in [2.45, 2.75) is 26.3 Å².